The molecule has 0 radical (unpaired) electrons. The van der Waals surface area contributed by atoms with Gasteiger partial charge in [0.05, 0.1) is 6.10 Å². The van der Waals surface area contributed by atoms with Gasteiger partial charge in [0.2, 0.25) is 0 Å². The van der Waals surface area contributed by atoms with E-state index >= 15 is 0 Å². The van der Waals surface area contributed by atoms with Crippen LogP contribution < -0.4 is 5.32 Å². The summed E-state index contributed by atoms with van der Waals surface area (Å²) < 4.78 is 5.80. The van der Waals surface area contributed by atoms with Crippen molar-refractivity contribution in [1.82, 2.24) is 5.32 Å². The standard InChI is InChI=1S/C19H31NO/c1-5-10-20-19(18-9-11-21-15(18)4)17-8-6-7-16(13-17)12-14(2)3/h6-8,13-15,18-20H,5,9-12H2,1-4H3. The molecule has 1 fully saturated rings. The SMILES string of the molecule is CCCNC(c1cccc(CC(C)C)c1)C1CCOC1C. The molecule has 3 unspecified atom stereocenters. The van der Waals surface area contributed by atoms with Gasteiger partial charge in [-0.05, 0) is 49.8 Å². The first-order valence-electron chi connectivity index (χ1n) is 8.55. The van der Waals surface area contributed by atoms with Crippen molar-refractivity contribution < 1.29 is 4.74 Å². The summed E-state index contributed by atoms with van der Waals surface area (Å²) in [6.45, 7) is 11.0. The predicted molar refractivity (Wildman–Crippen MR) is 89.5 cm³/mol. The Hall–Kier alpha value is -0.860. The van der Waals surface area contributed by atoms with Crippen LogP contribution in [0.5, 0.6) is 0 Å². The van der Waals surface area contributed by atoms with Gasteiger partial charge in [-0.3, -0.25) is 0 Å². The highest BCUT2D eigenvalue weighted by Crippen LogP contribution is 2.33. The van der Waals surface area contributed by atoms with Gasteiger partial charge < -0.3 is 10.1 Å². The molecule has 1 aromatic rings. The lowest BCUT2D eigenvalue weighted by Crippen LogP contribution is -2.32. The highest BCUT2D eigenvalue weighted by molar-refractivity contribution is 5.27. The second kappa shape index (κ2) is 7.95. The Kier molecular flexibility index (Phi) is 6.25. The van der Waals surface area contributed by atoms with Crippen molar-refractivity contribution in [2.75, 3.05) is 13.2 Å². The van der Waals surface area contributed by atoms with Crippen molar-refractivity contribution in [2.24, 2.45) is 11.8 Å². The number of hydrogen-bond donors (Lipinski definition) is 1. The molecule has 0 amide bonds. The highest BCUT2D eigenvalue weighted by atomic mass is 16.5. The fraction of sp³-hybridized carbons (Fsp3) is 0.684. The molecule has 2 heteroatoms. The summed E-state index contributed by atoms with van der Waals surface area (Å²) in [6, 6.07) is 9.58. The number of nitrogens with one attached hydrogen (secondary N) is 1. The predicted octanol–water partition coefficient (Wildman–Crippen LogP) is 4.35. The Bertz CT molecular complexity index is 429. The van der Waals surface area contributed by atoms with Crippen molar-refractivity contribution in [1.29, 1.82) is 0 Å². The summed E-state index contributed by atoms with van der Waals surface area (Å²) in [5, 5.41) is 3.76. The van der Waals surface area contributed by atoms with E-state index in [1.54, 1.807) is 0 Å². The summed E-state index contributed by atoms with van der Waals surface area (Å²) in [5.41, 5.74) is 2.89. The van der Waals surface area contributed by atoms with Gasteiger partial charge in [0.25, 0.3) is 0 Å². The molecule has 1 saturated heterocycles. The van der Waals surface area contributed by atoms with Gasteiger partial charge in [-0.1, -0.05) is 45.0 Å². The van der Waals surface area contributed by atoms with Crippen molar-refractivity contribution in [3.8, 4) is 0 Å². The molecule has 0 bridgehead atoms. The van der Waals surface area contributed by atoms with Crippen LogP contribution in [0.3, 0.4) is 0 Å². The van der Waals surface area contributed by atoms with Gasteiger partial charge in [0, 0.05) is 18.6 Å². The molecule has 2 rings (SSSR count). The van der Waals surface area contributed by atoms with Crippen molar-refractivity contribution >= 4 is 0 Å². The van der Waals surface area contributed by atoms with Crippen LogP contribution in [0.2, 0.25) is 0 Å². The first-order valence-corrected chi connectivity index (χ1v) is 8.55. The molecule has 118 valence electrons. The summed E-state index contributed by atoms with van der Waals surface area (Å²) in [4.78, 5) is 0. The maximum atomic E-state index is 5.80. The number of ether oxygens (including phenoxy) is 1. The van der Waals surface area contributed by atoms with Crippen LogP contribution in [0.1, 0.15) is 57.7 Å². The summed E-state index contributed by atoms with van der Waals surface area (Å²) >= 11 is 0. The molecular weight excluding hydrogens is 258 g/mol. The maximum absolute atomic E-state index is 5.80. The third-order valence-electron chi connectivity index (χ3n) is 4.43. The molecule has 21 heavy (non-hydrogen) atoms. The summed E-state index contributed by atoms with van der Waals surface area (Å²) in [7, 11) is 0. The van der Waals surface area contributed by atoms with Gasteiger partial charge in [-0.15, -0.1) is 0 Å². The van der Waals surface area contributed by atoms with Crippen molar-refractivity contribution in [2.45, 2.75) is 59.1 Å². The molecule has 1 N–H and O–H groups in total. The van der Waals surface area contributed by atoms with E-state index in [1.165, 1.54) is 17.5 Å². The van der Waals surface area contributed by atoms with Gasteiger partial charge in [0.15, 0.2) is 0 Å². The molecular formula is C19H31NO. The minimum Gasteiger partial charge on any atom is -0.378 e. The minimum absolute atomic E-state index is 0.355. The van der Waals surface area contributed by atoms with E-state index in [4.69, 9.17) is 4.74 Å². The maximum Gasteiger partial charge on any atom is 0.0594 e. The zero-order valence-electron chi connectivity index (χ0n) is 14.1. The summed E-state index contributed by atoms with van der Waals surface area (Å²) in [6.07, 6.45) is 3.85. The lowest BCUT2D eigenvalue weighted by Gasteiger charge is -2.28. The van der Waals surface area contributed by atoms with Crippen LogP contribution in [0, 0.1) is 11.8 Å². The Balaban J connectivity index is 2.19. The molecule has 0 spiro atoms. The molecule has 0 aromatic heterocycles. The molecule has 1 aliphatic rings. The molecule has 1 aliphatic heterocycles. The molecule has 3 atom stereocenters. The minimum atomic E-state index is 0.355. The summed E-state index contributed by atoms with van der Waals surface area (Å²) in [5.74, 6) is 1.29. The fourth-order valence-electron chi connectivity index (χ4n) is 3.39. The highest BCUT2D eigenvalue weighted by Gasteiger charge is 2.32. The first-order chi connectivity index (χ1) is 10.1. The van der Waals surface area contributed by atoms with E-state index in [-0.39, 0.29) is 0 Å². The number of rotatable bonds is 7. The quantitative estimate of drug-likeness (QED) is 0.805. The van der Waals surface area contributed by atoms with Crippen molar-refractivity contribution in [3.63, 3.8) is 0 Å². The Labute approximate surface area is 130 Å². The molecule has 1 aromatic carbocycles. The average molecular weight is 289 g/mol. The Morgan fingerprint density at radius 2 is 2.14 bits per heavy atom. The van der Waals surface area contributed by atoms with E-state index in [9.17, 15) is 0 Å². The lowest BCUT2D eigenvalue weighted by molar-refractivity contribution is 0.0953. The molecule has 0 aliphatic carbocycles. The monoisotopic (exact) mass is 289 g/mol. The van der Waals surface area contributed by atoms with Gasteiger partial charge in [-0.25, -0.2) is 0 Å². The third-order valence-corrected chi connectivity index (χ3v) is 4.43. The topological polar surface area (TPSA) is 21.3 Å². The van der Waals surface area contributed by atoms with Gasteiger partial charge >= 0.3 is 0 Å². The fourth-order valence-corrected chi connectivity index (χ4v) is 3.39. The first kappa shape index (κ1) is 16.5. The molecule has 1 heterocycles. The number of hydrogen-bond acceptors (Lipinski definition) is 2. The largest absolute Gasteiger partial charge is 0.378 e. The van der Waals surface area contributed by atoms with E-state index < -0.39 is 0 Å². The van der Waals surface area contributed by atoms with Gasteiger partial charge in [-0.2, -0.15) is 0 Å². The van der Waals surface area contributed by atoms with E-state index in [2.05, 4.69) is 57.3 Å². The van der Waals surface area contributed by atoms with Crippen LogP contribution in [0.25, 0.3) is 0 Å². The Morgan fingerprint density at radius 3 is 2.76 bits per heavy atom. The molecule has 0 saturated carbocycles. The lowest BCUT2D eigenvalue weighted by atomic mass is 9.87. The van der Waals surface area contributed by atoms with Crippen LogP contribution in [0.4, 0.5) is 0 Å². The van der Waals surface area contributed by atoms with E-state index in [0.29, 0.717) is 24.0 Å². The smallest absolute Gasteiger partial charge is 0.0594 e. The zero-order chi connectivity index (χ0) is 15.2. The van der Waals surface area contributed by atoms with Crippen LogP contribution in [0.15, 0.2) is 24.3 Å². The number of benzene rings is 1. The van der Waals surface area contributed by atoms with Crippen LogP contribution >= 0.6 is 0 Å². The second-order valence-electron chi connectivity index (χ2n) is 6.80. The van der Waals surface area contributed by atoms with Crippen LogP contribution in [-0.4, -0.2) is 19.3 Å². The third kappa shape index (κ3) is 4.55. The zero-order valence-corrected chi connectivity index (χ0v) is 14.1. The second-order valence-corrected chi connectivity index (χ2v) is 6.80. The Morgan fingerprint density at radius 1 is 1.33 bits per heavy atom. The molecule has 2 nitrogen and oxygen atoms in total. The van der Waals surface area contributed by atoms with Crippen molar-refractivity contribution in [3.05, 3.63) is 35.4 Å². The van der Waals surface area contributed by atoms with Crippen LogP contribution in [-0.2, 0) is 11.2 Å². The van der Waals surface area contributed by atoms with Gasteiger partial charge in [0.1, 0.15) is 0 Å². The normalized spacial score (nSPS) is 23.7. The van der Waals surface area contributed by atoms with E-state index in [1.807, 2.05) is 0 Å². The average Bonchev–Trinajstić information content (AvgIpc) is 2.85. The van der Waals surface area contributed by atoms with E-state index in [0.717, 1.165) is 26.0 Å².